The van der Waals surface area contributed by atoms with Gasteiger partial charge in [-0.2, -0.15) is 0 Å². The molecular formula is C19H22ClNO2. The Labute approximate surface area is 142 Å². The van der Waals surface area contributed by atoms with Crippen LogP contribution in [0, 0.1) is 0 Å². The normalized spacial score (nSPS) is 13.2. The van der Waals surface area contributed by atoms with Gasteiger partial charge in [0.1, 0.15) is 5.75 Å². The summed E-state index contributed by atoms with van der Waals surface area (Å²) >= 11 is 5.84. The Morgan fingerprint density at radius 3 is 2.43 bits per heavy atom. The van der Waals surface area contributed by atoms with Gasteiger partial charge in [-0.3, -0.25) is 4.79 Å². The predicted octanol–water partition coefficient (Wildman–Crippen LogP) is 5.26. The maximum absolute atomic E-state index is 12.4. The number of ether oxygens (including phenoxy) is 1. The molecule has 0 aliphatic heterocycles. The molecule has 23 heavy (non-hydrogen) atoms. The standard InChI is InChI=1S/C19H22ClNO2/c1-4-13(2)17-7-5-6-8-18(17)21-19(22)14(3)23-16-11-9-15(20)10-12-16/h5-14H,4H2,1-3H3,(H,21,22)/t13-,14-/m1/s1. The van der Waals surface area contributed by atoms with Crippen LogP contribution in [0.25, 0.3) is 0 Å². The van der Waals surface area contributed by atoms with E-state index in [1.54, 1.807) is 31.2 Å². The monoisotopic (exact) mass is 331 g/mol. The van der Waals surface area contributed by atoms with Crippen LogP contribution in [0.5, 0.6) is 5.75 Å². The van der Waals surface area contributed by atoms with E-state index in [4.69, 9.17) is 16.3 Å². The first-order valence-corrected chi connectivity index (χ1v) is 8.21. The topological polar surface area (TPSA) is 38.3 Å². The van der Waals surface area contributed by atoms with Crippen LogP contribution in [0.1, 0.15) is 38.7 Å². The SMILES string of the molecule is CC[C@@H](C)c1ccccc1NC(=O)[C@@H](C)Oc1ccc(Cl)cc1. The van der Waals surface area contributed by atoms with Crippen molar-refractivity contribution in [1.82, 2.24) is 0 Å². The summed E-state index contributed by atoms with van der Waals surface area (Å²) in [7, 11) is 0. The quantitative estimate of drug-likeness (QED) is 0.784. The second kappa shape index (κ2) is 8.02. The van der Waals surface area contributed by atoms with Gasteiger partial charge in [-0.25, -0.2) is 0 Å². The van der Waals surface area contributed by atoms with Crippen LogP contribution < -0.4 is 10.1 Å². The van der Waals surface area contributed by atoms with Gasteiger partial charge in [0.2, 0.25) is 0 Å². The fraction of sp³-hybridized carbons (Fsp3) is 0.316. The fourth-order valence-electron chi connectivity index (χ4n) is 2.27. The summed E-state index contributed by atoms with van der Waals surface area (Å²) in [4.78, 5) is 12.4. The highest BCUT2D eigenvalue weighted by Crippen LogP contribution is 2.26. The Bertz CT molecular complexity index is 655. The molecule has 3 nitrogen and oxygen atoms in total. The van der Waals surface area contributed by atoms with Gasteiger partial charge < -0.3 is 10.1 Å². The highest BCUT2D eigenvalue weighted by atomic mass is 35.5. The van der Waals surface area contributed by atoms with Gasteiger partial charge in [-0.05, 0) is 55.2 Å². The summed E-state index contributed by atoms with van der Waals surface area (Å²) in [5, 5.41) is 3.60. The minimum Gasteiger partial charge on any atom is -0.481 e. The second-order valence-electron chi connectivity index (χ2n) is 5.60. The maximum atomic E-state index is 12.4. The minimum atomic E-state index is -0.596. The average Bonchev–Trinajstić information content (AvgIpc) is 2.56. The summed E-state index contributed by atoms with van der Waals surface area (Å²) < 4.78 is 5.66. The summed E-state index contributed by atoms with van der Waals surface area (Å²) in [6.45, 7) is 6.02. The van der Waals surface area contributed by atoms with Crippen LogP contribution in [0.15, 0.2) is 48.5 Å². The third kappa shape index (κ3) is 4.73. The highest BCUT2D eigenvalue weighted by molar-refractivity contribution is 6.30. The van der Waals surface area contributed by atoms with Crippen LogP contribution in [0.3, 0.4) is 0 Å². The average molecular weight is 332 g/mol. The molecule has 0 aromatic heterocycles. The molecular weight excluding hydrogens is 310 g/mol. The number of para-hydroxylation sites is 1. The van der Waals surface area contributed by atoms with E-state index in [1.165, 1.54) is 0 Å². The van der Waals surface area contributed by atoms with Gasteiger partial charge in [-0.1, -0.05) is 43.6 Å². The molecule has 0 saturated heterocycles. The van der Waals surface area contributed by atoms with E-state index in [-0.39, 0.29) is 5.91 Å². The first-order valence-electron chi connectivity index (χ1n) is 7.83. The number of halogens is 1. The Morgan fingerprint density at radius 2 is 1.78 bits per heavy atom. The predicted molar refractivity (Wildman–Crippen MR) is 95.3 cm³/mol. The van der Waals surface area contributed by atoms with Gasteiger partial charge >= 0.3 is 0 Å². The third-order valence-electron chi connectivity index (χ3n) is 3.86. The number of hydrogen-bond donors (Lipinski definition) is 1. The molecule has 122 valence electrons. The van der Waals surface area contributed by atoms with Crippen molar-refractivity contribution in [3.05, 3.63) is 59.1 Å². The second-order valence-corrected chi connectivity index (χ2v) is 6.04. The number of carbonyl (C=O) groups excluding carboxylic acids is 1. The van der Waals surface area contributed by atoms with Gasteiger partial charge in [0.15, 0.2) is 6.10 Å². The first-order chi connectivity index (χ1) is 11.0. The number of hydrogen-bond acceptors (Lipinski definition) is 2. The molecule has 2 atom stereocenters. The van der Waals surface area contributed by atoms with Crippen molar-refractivity contribution in [2.24, 2.45) is 0 Å². The molecule has 1 N–H and O–H groups in total. The third-order valence-corrected chi connectivity index (χ3v) is 4.11. The molecule has 0 spiro atoms. The van der Waals surface area contributed by atoms with Crippen molar-refractivity contribution in [2.45, 2.75) is 39.2 Å². The van der Waals surface area contributed by atoms with Crippen LogP contribution in [-0.2, 0) is 4.79 Å². The number of carbonyl (C=O) groups is 1. The van der Waals surface area contributed by atoms with E-state index in [0.717, 1.165) is 17.7 Å². The molecule has 0 unspecified atom stereocenters. The van der Waals surface area contributed by atoms with Gasteiger partial charge in [0.05, 0.1) is 0 Å². The van der Waals surface area contributed by atoms with Gasteiger partial charge in [0, 0.05) is 10.7 Å². The molecule has 0 saturated carbocycles. The van der Waals surface area contributed by atoms with Crippen LogP contribution in [0.2, 0.25) is 5.02 Å². The van der Waals surface area contributed by atoms with Gasteiger partial charge in [-0.15, -0.1) is 0 Å². The molecule has 0 aliphatic carbocycles. The zero-order chi connectivity index (χ0) is 16.8. The van der Waals surface area contributed by atoms with E-state index < -0.39 is 6.10 Å². The molecule has 2 rings (SSSR count). The summed E-state index contributed by atoms with van der Waals surface area (Å²) in [6.07, 6.45) is 0.421. The Balaban J connectivity index is 2.05. The van der Waals surface area contributed by atoms with E-state index >= 15 is 0 Å². The largest absolute Gasteiger partial charge is 0.481 e. The number of amides is 1. The smallest absolute Gasteiger partial charge is 0.265 e. The first kappa shape index (κ1) is 17.4. The van der Waals surface area contributed by atoms with E-state index in [9.17, 15) is 4.79 Å². The molecule has 0 heterocycles. The summed E-state index contributed by atoms with van der Waals surface area (Å²) in [5.74, 6) is 0.835. The molecule has 0 aliphatic rings. The van der Waals surface area contributed by atoms with Crippen molar-refractivity contribution in [3.8, 4) is 5.75 Å². The van der Waals surface area contributed by atoms with Crippen LogP contribution >= 0.6 is 11.6 Å². The fourth-order valence-corrected chi connectivity index (χ4v) is 2.39. The van der Waals surface area contributed by atoms with Crippen molar-refractivity contribution >= 4 is 23.2 Å². The Morgan fingerprint density at radius 1 is 1.13 bits per heavy atom. The molecule has 0 radical (unpaired) electrons. The van der Waals surface area contributed by atoms with E-state index in [2.05, 4.69) is 25.2 Å². The molecule has 0 bridgehead atoms. The van der Waals surface area contributed by atoms with Crippen LogP contribution in [-0.4, -0.2) is 12.0 Å². The number of nitrogens with one attached hydrogen (secondary N) is 1. The highest BCUT2D eigenvalue weighted by Gasteiger charge is 2.17. The molecule has 2 aromatic rings. The lowest BCUT2D eigenvalue weighted by molar-refractivity contribution is -0.122. The van der Waals surface area contributed by atoms with Crippen LogP contribution in [0.4, 0.5) is 5.69 Å². The summed E-state index contributed by atoms with van der Waals surface area (Å²) in [6, 6.07) is 14.9. The number of anilines is 1. The van der Waals surface area contributed by atoms with E-state index in [1.807, 2.05) is 18.2 Å². The number of benzene rings is 2. The molecule has 2 aromatic carbocycles. The lowest BCUT2D eigenvalue weighted by Crippen LogP contribution is -2.30. The van der Waals surface area contributed by atoms with Crippen molar-refractivity contribution in [2.75, 3.05) is 5.32 Å². The zero-order valence-electron chi connectivity index (χ0n) is 13.7. The van der Waals surface area contributed by atoms with E-state index in [0.29, 0.717) is 16.7 Å². The minimum absolute atomic E-state index is 0.171. The Kier molecular flexibility index (Phi) is 6.05. The molecule has 4 heteroatoms. The molecule has 0 fully saturated rings. The number of rotatable bonds is 6. The van der Waals surface area contributed by atoms with Crippen molar-refractivity contribution in [1.29, 1.82) is 0 Å². The Hall–Kier alpha value is -2.00. The summed E-state index contributed by atoms with van der Waals surface area (Å²) in [5.41, 5.74) is 1.99. The lowest BCUT2D eigenvalue weighted by atomic mass is 9.97. The lowest BCUT2D eigenvalue weighted by Gasteiger charge is -2.18. The zero-order valence-corrected chi connectivity index (χ0v) is 14.4. The van der Waals surface area contributed by atoms with Gasteiger partial charge in [0.25, 0.3) is 5.91 Å². The maximum Gasteiger partial charge on any atom is 0.265 e. The van der Waals surface area contributed by atoms with Crippen molar-refractivity contribution < 1.29 is 9.53 Å². The molecule has 1 amide bonds. The van der Waals surface area contributed by atoms with Crippen molar-refractivity contribution in [3.63, 3.8) is 0 Å².